The lowest BCUT2D eigenvalue weighted by Crippen LogP contribution is -2.42. The highest BCUT2D eigenvalue weighted by molar-refractivity contribution is 6.31. The summed E-state index contributed by atoms with van der Waals surface area (Å²) < 4.78 is 24.0. The van der Waals surface area contributed by atoms with Gasteiger partial charge in [-0.3, -0.25) is 4.57 Å². The van der Waals surface area contributed by atoms with Gasteiger partial charge in [0, 0.05) is 15.1 Å². The van der Waals surface area contributed by atoms with E-state index in [0.29, 0.717) is 15.1 Å². The molecule has 0 radical (unpaired) electrons. The van der Waals surface area contributed by atoms with Gasteiger partial charge in [0.15, 0.2) is 18.4 Å². The molecule has 15 heteroatoms. The molecule has 0 unspecified atom stereocenters. The number of carbonyl (C=O) groups excluding carboxylic acids is 3. The molecule has 1 aliphatic heterocycles. The third-order valence-corrected chi connectivity index (χ3v) is 7.17. The molecule has 5 rings (SSSR count). The molecule has 1 fully saturated rings. The molecule has 4 aromatic rings. The Bertz CT molecular complexity index is 1730. The summed E-state index contributed by atoms with van der Waals surface area (Å²) in [5.74, 6) is -2.73. The molecular formula is C29H21Cl3N4O8. The van der Waals surface area contributed by atoms with Crippen LogP contribution in [-0.2, 0) is 18.9 Å². The zero-order valence-corrected chi connectivity index (χ0v) is 24.6. The number of aromatic nitrogens is 3. The number of esters is 3. The summed E-state index contributed by atoms with van der Waals surface area (Å²) in [6.07, 6.45) is -4.49. The van der Waals surface area contributed by atoms with Crippen molar-refractivity contribution >= 4 is 58.7 Å². The topological polar surface area (TPSA) is 162 Å². The highest BCUT2D eigenvalue weighted by Gasteiger charge is 2.52. The summed E-state index contributed by atoms with van der Waals surface area (Å²) in [6.45, 7) is -0.476. The van der Waals surface area contributed by atoms with E-state index in [9.17, 15) is 19.2 Å². The summed E-state index contributed by atoms with van der Waals surface area (Å²) in [7, 11) is 0. The highest BCUT2D eigenvalue weighted by Crippen LogP contribution is 2.35. The largest absolute Gasteiger partial charge is 0.459 e. The molecule has 3 aromatic carbocycles. The van der Waals surface area contributed by atoms with E-state index in [2.05, 4.69) is 9.97 Å². The predicted octanol–water partition coefficient (Wildman–Crippen LogP) is 4.39. The third-order valence-electron chi connectivity index (χ3n) is 6.41. The number of nitrogens with two attached hydrogens (primary N) is 1. The van der Waals surface area contributed by atoms with Gasteiger partial charge in [0.25, 0.3) is 0 Å². The van der Waals surface area contributed by atoms with Gasteiger partial charge in [-0.15, -0.1) is 0 Å². The van der Waals surface area contributed by atoms with Crippen molar-refractivity contribution in [3.63, 3.8) is 0 Å². The van der Waals surface area contributed by atoms with E-state index >= 15 is 0 Å². The van der Waals surface area contributed by atoms with Crippen LogP contribution in [0, 0.1) is 0 Å². The van der Waals surface area contributed by atoms with Crippen molar-refractivity contribution in [3.8, 4) is 0 Å². The van der Waals surface area contributed by atoms with Crippen molar-refractivity contribution in [1.82, 2.24) is 14.5 Å². The van der Waals surface area contributed by atoms with E-state index < -0.39 is 54.7 Å². The summed E-state index contributed by atoms with van der Waals surface area (Å²) in [5, 5.41) is 1.18. The van der Waals surface area contributed by atoms with Crippen LogP contribution in [-0.4, -0.2) is 57.4 Å². The molecule has 0 bridgehead atoms. The lowest BCUT2D eigenvalue weighted by molar-refractivity contribution is -0.0643. The Balaban J connectivity index is 1.49. The number of hydrogen-bond donors (Lipinski definition) is 1. The smallest absolute Gasteiger partial charge is 0.354 e. The summed E-state index contributed by atoms with van der Waals surface area (Å²) >= 11 is 17.8. The Morgan fingerprint density at radius 1 is 0.750 bits per heavy atom. The maximum absolute atomic E-state index is 13.2. The fourth-order valence-corrected chi connectivity index (χ4v) is 4.62. The quantitative estimate of drug-likeness (QED) is 0.211. The predicted molar refractivity (Wildman–Crippen MR) is 158 cm³/mol. The van der Waals surface area contributed by atoms with Gasteiger partial charge in [-0.05, 0) is 72.8 Å². The number of ether oxygens (including phenoxy) is 4. The van der Waals surface area contributed by atoms with Crippen molar-refractivity contribution in [1.29, 1.82) is 0 Å². The molecule has 2 N–H and O–H groups in total. The van der Waals surface area contributed by atoms with Crippen molar-refractivity contribution in [3.05, 3.63) is 121 Å². The fourth-order valence-electron chi connectivity index (χ4n) is 4.25. The fraction of sp³-hybridized carbons (Fsp3) is 0.172. The van der Waals surface area contributed by atoms with Crippen LogP contribution < -0.4 is 11.4 Å². The van der Waals surface area contributed by atoms with Crippen molar-refractivity contribution < 1.29 is 33.3 Å². The molecular weight excluding hydrogens is 639 g/mol. The first-order chi connectivity index (χ1) is 21.1. The molecule has 4 atom stereocenters. The average Bonchev–Trinajstić information content (AvgIpc) is 3.32. The first kappa shape index (κ1) is 31.0. The minimum atomic E-state index is -1.46. The van der Waals surface area contributed by atoms with Gasteiger partial charge in [0.05, 0.1) is 16.7 Å². The molecule has 1 saturated heterocycles. The molecule has 0 saturated carbocycles. The Morgan fingerprint density at radius 3 is 1.68 bits per heavy atom. The first-order valence-corrected chi connectivity index (χ1v) is 13.9. The summed E-state index contributed by atoms with van der Waals surface area (Å²) in [6, 6.07) is 17.6. The Hall–Kier alpha value is -4.49. The SMILES string of the molecule is Nc1ncn([C@@H]2O[C@H](COC(=O)c3ccc(Cl)cc3)[C@H](OC(=O)c3ccc(Cl)cc3)[C@@H]2OC(=O)c2ccc(Cl)cc2)c(=O)n1. The molecule has 226 valence electrons. The van der Waals surface area contributed by atoms with Crippen LogP contribution in [0.5, 0.6) is 0 Å². The average molecular weight is 660 g/mol. The molecule has 12 nitrogen and oxygen atoms in total. The van der Waals surface area contributed by atoms with E-state index in [4.69, 9.17) is 59.5 Å². The van der Waals surface area contributed by atoms with Crippen LogP contribution in [0.3, 0.4) is 0 Å². The molecule has 0 amide bonds. The number of anilines is 1. The number of hydrogen-bond acceptors (Lipinski definition) is 11. The Kier molecular flexibility index (Phi) is 9.45. The zero-order chi connectivity index (χ0) is 31.4. The van der Waals surface area contributed by atoms with Gasteiger partial charge in [-0.2, -0.15) is 4.98 Å². The zero-order valence-electron chi connectivity index (χ0n) is 22.3. The van der Waals surface area contributed by atoms with Crippen LogP contribution in [0.25, 0.3) is 0 Å². The van der Waals surface area contributed by atoms with Gasteiger partial charge >= 0.3 is 23.6 Å². The number of halogens is 3. The molecule has 1 aromatic heterocycles. The molecule has 44 heavy (non-hydrogen) atoms. The normalized spacial score (nSPS) is 19.2. The molecule has 0 aliphatic carbocycles. The minimum Gasteiger partial charge on any atom is -0.459 e. The number of carbonyl (C=O) groups is 3. The van der Waals surface area contributed by atoms with Crippen LogP contribution in [0.1, 0.15) is 37.3 Å². The van der Waals surface area contributed by atoms with Crippen molar-refractivity contribution in [2.45, 2.75) is 24.5 Å². The van der Waals surface area contributed by atoms with Crippen molar-refractivity contribution in [2.24, 2.45) is 0 Å². The van der Waals surface area contributed by atoms with E-state index in [0.717, 1.165) is 10.9 Å². The minimum absolute atomic E-state index is 0.106. The third kappa shape index (κ3) is 7.17. The number of nitrogen functional groups attached to an aromatic ring is 1. The van der Waals surface area contributed by atoms with E-state index in [-0.39, 0.29) is 22.6 Å². The second kappa shape index (κ2) is 13.4. The van der Waals surface area contributed by atoms with Crippen LogP contribution in [0.2, 0.25) is 15.1 Å². The lowest BCUT2D eigenvalue weighted by atomic mass is 10.1. The Morgan fingerprint density at radius 2 is 1.20 bits per heavy atom. The number of rotatable bonds is 8. The number of nitrogens with zero attached hydrogens (tertiary/aromatic N) is 3. The maximum atomic E-state index is 13.2. The maximum Gasteiger partial charge on any atom is 0.354 e. The monoisotopic (exact) mass is 658 g/mol. The lowest BCUT2D eigenvalue weighted by Gasteiger charge is -2.25. The second-order valence-corrected chi connectivity index (χ2v) is 10.6. The standard InChI is InChI=1S/C29H21Cl3N4O8/c30-18-7-1-15(2-8-18)25(37)41-13-21-22(43-26(38)16-3-9-19(31)10-4-16)23(44-27(39)17-5-11-20(32)12-6-17)24(42-21)36-14-34-28(33)35-29(36)40/h1-12,14,21-24H,13H2,(H2,33,35,40)/t21-,22+,23+,24-/m1/s1. The van der Waals surface area contributed by atoms with Crippen LogP contribution in [0.4, 0.5) is 5.95 Å². The first-order valence-electron chi connectivity index (χ1n) is 12.8. The number of benzene rings is 3. The summed E-state index contributed by atoms with van der Waals surface area (Å²) in [4.78, 5) is 59.5. The molecule has 1 aliphatic rings. The van der Waals surface area contributed by atoms with E-state index in [1.165, 1.54) is 72.8 Å². The summed E-state index contributed by atoms with van der Waals surface area (Å²) in [5.41, 5.74) is 5.07. The van der Waals surface area contributed by atoms with Gasteiger partial charge in [-0.25, -0.2) is 24.2 Å². The molecule has 0 spiro atoms. The van der Waals surface area contributed by atoms with E-state index in [1.54, 1.807) is 0 Å². The Labute approximate surface area is 264 Å². The van der Waals surface area contributed by atoms with Gasteiger partial charge in [0.2, 0.25) is 5.95 Å². The van der Waals surface area contributed by atoms with Gasteiger partial charge < -0.3 is 24.7 Å². The van der Waals surface area contributed by atoms with Crippen LogP contribution >= 0.6 is 34.8 Å². The van der Waals surface area contributed by atoms with Gasteiger partial charge in [0.1, 0.15) is 19.0 Å². The van der Waals surface area contributed by atoms with E-state index in [1.807, 2.05) is 0 Å². The second-order valence-electron chi connectivity index (χ2n) is 9.33. The van der Waals surface area contributed by atoms with Crippen molar-refractivity contribution in [2.75, 3.05) is 12.3 Å². The van der Waals surface area contributed by atoms with Crippen LogP contribution in [0.15, 0.2) is 83.9 Å². The van der Waals surface area contributed by atoms with Gasteiger partial charge in [-0.1, -0.05) is 34.8 Å². The molecule has 2 heterocycles. The highest BCUT2D eigenvalue weighted by atomic mass is 35.5.